The molecule has 0 saturated carbocycles. The first kappa shape index (κ1) is 15.1. The molecule has 0 fully saturated rings. The number of benzene rings is 1. The normalized spacial score (nSPS) is 10.8. The molecule has 0 amide bonds. The van der Waals surface area contributed by atoms with Gasteiger partial charge in [-0.25, -0.2) is 4.98 Å². The van der Waals surface area contributed by atoms with Crippen molar-refractivity contribution in [1.82, 2.24) is 9.97 Å². The molecule has 2 aromatic rings. The van der Waals surface area contributed by atoms with E-state index < -0.39 is 0 Å². The average molecular weight is 352 g/mol. The molecule has 0 aliphatic carbocycles. The highest BCUT2D eigenvalue weighted by atomic mass is 79.9. The van der Waals surface area contributed by atoms with Gasteiger partial charge in [-0.15, -0.1) is 0 Å². The molecule has 0 radical (unpaired) electrons. The fourth-order valence-electron chi connectivity index (χ4n) is 1.74. The fourth-order valence-corrected chi connectivity index (χ4v) is 2.06. The van der Waals surface area contributed by atoms with Gasteiger partial charge in [-0.2, -0.15) is 0 Å². The SMILES string of the molecule is COc1ccc(/C=C/c2nc(N)[nH]c(=O)c2Br)cc1OC. The van der Waals surface area contributed by atoms with Crippen LogP contribution in [0, 0.1) is 0 Å². The number of aromatic amines is 1. The average Bonchev–Trinajstić information content (AvgIpc) is 2.49. The van der Waals surface area contributed by atoms with Crippen LogP contribution in [0.1, 0.15) is 11.3 Å². The lowest BCUT2D eigenvalue weighted by molar-refractivity contribution is 0.355. The van der Waals surface area contributed by atoms with Gasteiger partial charge in [0.1, 0.15) is 4.47 Å². The number of hydrogen-bond acceptors (Lipinski definition) is 5. The quantitative estimate of drug-likeness (QED) is 0.881. The van der Waals surface area contributed by atoms with Crippen LogP contribution in [0.15, 0.2) is 27.5 Å². The van der Waals surface area contributed by atoms with E-state index in [1.165, 1.54) is 0 Å². The van der Waals surface area contributed by atoms with E-state index in [0.717, 1.165) is 5.56 Å². The highest BCUT2D eigenvalue weighted by molar-refractivity contribution is 9.10. The van der Waals surface area contributed by atoms with Gasteiger partial charge >= 0.3 is 0 Å². The molecule has 0 aliphatic heterocycles. The Labute approximate surface area is 129 Å². The van der Waals surface area contributed by atoms with Crippen molar-refractivity contribution in [3.8, 4) is 11.5 Å². The molecule has 110 valence electrons. The molecule has 7 heteroatoms. The maximum absolute atomic E-state index is 11.6. The van der Waals surface area contributed by atoms with Crippen molar-refractivity contribution in [2.45, 2.75) is 0 Å². The number of nitrogens with zero attached hydrogens (tertiary/aromatic N) is 1. The second kappa shape index (κ2) is 6.45. The molecule has 2 rings (SSSR count). The van der Waals surface area contributed by atoms with Gasteiger partial charge < -0.3 is 15.2 Å². The molecular weight excluding hydrogens is 338 g/mol. The van der Waals surface area contributed by atoms with Crippen LogP contribution in [-0.2, 0) is 0 Å². The zero-order valence-corrected chi connectivity index (χ0v) is 13.1. The van der Waals surface area contributed by atoms with Crippen LogP contribution < -0.4 is 20.8 Å². The summed E-state index contributed by atoms with van der Waals surface area (Å²) in [6, 6.07) is 5.48. The first-order valence-corrected chi connectivity index (χ1v) is 6.80. The molecule has 0 saturated heterocycles. The summed E-state index contributed by atoms with van der Waals surface area (Å²) in [6.07, 6.45) is 3.49. The third-order valence-corrected chi connectivity index (χ3v) is 3.51. The molecule has 0 bridgehead atoms. The minimum absolute atomic E-state index is 0.0650. The lowest BCUT2D eigenvalue weighted by atomic mass is 10.1. The van der Waals surface area contributed by atoms with Gasteiger partial charge in [0, 0.05) is 0 Å². The smallest absolute Gasteiger partial charge is 0.267 e. The van der Waals surface area contributed by atoms with Crippen LogP contribution in [0.4, 0.5) is 5.95 Å². The Bertz CT molecular complexity index is 741. The van der Waals surface area contributed by atoms with E-state index >= 15 is 0 Å². The van der Waals surface area contributed by atoms with Gasteiger partial charge in [-0.1, -0.05) is 12.1 Å². The lowest BCUT2D eigenvalue weighted by Gasteiger charge is -2.07. The molecule has 6 nitrogen and oxygen atoms in total. The molecule has 0 unspecified atom stereocenters. The van der Waals surface area contributed by atoms with Gasteiger partial charge in [0.05, 0.1) is 19.9 Å². The number of nitrogen functional groups attached to an aromatic ring is 1. The first-order chi connectivity index (χ1) is 10.0. The third-order valence-electron chi connectivity index (χ3n) is 2.75. The summed E-state index contributed by atoms with van der Waals surface area (Å²) < 4.78 is 10.7. The largest absolute Gasteiger partial charge is 0.493 e. The van der Waals surface area contributed by atoms with E-state index in [0.29, 0.717) is 21.7 Å². The maximum atomic E-state index is 11.6. The van der Waals surface area contributed by atoms with Crippen molar-refractivity contribution < 1.29 is 9.47 Å². The molecule has 3 N–H and O–H groups in total. The van der Waals surface area contributed by atoms with Gasteiger partial charge in [-0.05, 0) is 39.7 Å². The van der Waals surface area contributed by atoms with Crippen LogP contribution >= 0.6 is 15.9 Å². The van der Waals surface area contributed by atoms with Crippen LogP contribution in [0.5, 0.6) is 11.5 Å². The third kappa shape index (κ3) is 3.43. The fraction of sp³-hybridized carbons (Fsp3) is 0.143. The summed E-state index contributed by atoms with van der Waals surface area (Å²) in [5.74, 6) is 1.33. The summed E-state index contributed by atoms with van der Waals surface area (Å²) >= 11 is 3.18. The number of methoxy groups -OCH3 is 2. The van der Waals surface area contributed by atoms with E-state index in [4.69, 9.17) is 15.2 Å². The molecule has 0 atom stereocenters. The standard InChI is InChI=1S/C14H14BrN3O3/c1-20-10-6-4-8(7-11(10)21-2)3-5-9-12(15)13(19)18-14(16)17-9/h3-7H,1-2H3,(H3,16,17,18,19)/b5-3+. The Morgan fingerprint density at radius 2 is 1.95 bits per heavy atom. The maximum Gasteiger partial charge on any atom is 0.267 e. The van der Waals surface area contributed by atoms with Crippen molar-refractivity contribution in [2.24, 2.45) is 0 Å². The number of ether oxygens (including phenoxy) is 2. The topological polar surface area (TPSA) is 90.2 Å². The molecule has 0 spiro atoms. The second-order valence-electron chi connectivity index (χ2n) is 4.10. The van der Waals surface area contributed by atoms with Gasteiger partial charge in [0.15, 0.2) is 11.5 Å². The van der Waals surface area contributed by atoms with Crippen molar-refractivity contribution >= 4 is 34.0 Å². The number of rotatable bonds is 4. The Morgan fingerprint density at radius 3 is 2.62 bits per heavy atom. The van der Waals surface area contributed by atoms with E-state index in [1.807, 2.05) is 12.1 Å². The summed E-state index contributed by atoms with van der Waals surface area (Å²) in [7, 11) is 3.15. The monoisotopic (exact) mass is 351 g/mol. The highest BCUT2D eigenvalue weighted by Crippen LogP contribution is 2.28. The number of nitrogens with two attached hydrogens (primary N) is 1. The predicted octanol–water partition coefficient (Wildman–Crippen LogP) is 2.30. The summed E-state index contributed by atoms with van der Waals surface area (Å²) in [6.45, 7) is 0. The minimum atomic E-state index is -0.325. The molecule has 1 aromatic carbocycles. The van der Waals surface area contributed by atoms with Crippen molar-refractivity contribution in [3.05, 3.63) is 44.3 Å². The van der Waals surface area contributed by atoms with Crippen LogP contribution in [0.2, 0.25) is 0 Å². The molecule has 1 heterocycles. The van der Waals surface area contributed by atoms with Gasteiger partial charge in [0.25, 0.3) is 5.56 Å². The Hall–Kier alpha value is -2.28. The summed E-state index contributed by atoms with van der Waals surface area (Å²) in [5, 5.41) is 0. The molecular formula is C14H14BrN3O3. The highest BCUT2D eigenvalue weighted by Gasteiger charge is 2.06. The molecule has 21 heavy (non-hydrogen) atoms. The second-order valence-corrected chi connectivity index (χ2v) is 4.89. The number of halogens is 1. The Morgan fingerprint density at radius 1 is 1.24 bits per heavy atom. The van der Waals surface area contributed by atoms with E-state index in [1.54, 1.807) is 32.4 Å². The van der Waals surface area contributed by atoms with Crippen molar-refractivity contribution in [1.29, 1.82) is 0 Å². The lowest BCUT2D eigenvalue weighted by Crippen LogP contribution is -2.13. The predicted molar refractivity (Wildman–Crippen MR) is 85.4 cm³/mol. The van der Waals surface area contributed by atoms with E-state index in [-0.39, 0.29) is 11.5 Å². The number of H-pyrrole nitrogens is 1. The summed E-state index contributed by atoms with van der Waals surface area (Å²) in [5.41, 5.74) is 6.52. The Balaban J connectivity index is 2.36. The van der Waals surface area contributed by atoms with Crippen LogP contribution in [0.3, 0.4) is 0 Å². The zero-order valence-electron chi connectivity index (χ0n) is 11.5. The van der Waals surface area contributed by atoms with Gasteiger partial charge in [-0.3, -0.25) is 9.78 Å². The van der Waals surface area contributed by atoms with Crippen molar-refractivity contribution in [3.63, 3.8) is 0 Å². The minimum Gasteiger partial charge on any atom is -0.493 e. The number of anilines is 1. The molecule has 1 aromatic heterocycles. The van der Waals surface area contributed by atoms with Crippen LogP contribution in [-0.4, -0.2) is 24.2 Å². The van der Waals surface area contributed by atoms with Crippen molar-refractivity contribution in [2.75, 3.05) is 20.0 Å². The van der Waals surface area contributed by atoms with Crippen LogP contribution in [0.25, 0.3) is 12.2 Å². The zero-order chi connectivity index (χ0) is 15.4. The Kier molecular flexibility index (Phi) is 4.64. The molecule has 0 aliphatic rings. The number of nitrogens with one attached hydrogen (secondary N) is 1. The first-order valence-electron chi connectivity index (χ1n) is 6.00. The van der Waals surface area contributed by atoms with E-state index in [2.05, 4.69) is 25.9 Å². The number of hydrogen-bond donors (Lipinski definition) is 2. The van der Waals surface area contributed by atoms with E-state index in [9.17, 15) is 4.79 Å². The van der Waals surface area contributed by atoms with Gasteiger partial charge in [0.2, 0.25) is 5.95 Å². The number of aromatic nitrogens is 2. The summed E-state index contributed by atoms with van der Waals surface area (Å²) in [4.78, 5) is 18.0.